The summed E-state index contributed by atoms with van der Waals surface area (Å²) in [5.41, 5.74) is -0.443. The van der Waals surface area contributed by atoms with Gasteiger partial charge in [-0.3, -0.25) is 14.5 Å². The Bertz CT molecular complexity index is 1050. The van der Waals surface area contributed by atoms with E-state index in [2.05, 4.69) is 5.32 Å². The first kappa shape index (κ1) is 20.0. The Hall–Kier alpha value is -2.89. The fraction of sp³-hybridized carbons (Fsp3) is 0.480. The lowest BCUT2D eigenvalue weighted by atomic mass is 9.78. The number of carbonyl (C=O) groups is 3. The van der Waals surface area contributed by atoms with Crippen LogP contribution in [-0.4, -0.2) is 46.8 Å². The van der Waals surface area contributed by atoms with E-state index in [1.165, 1.54) is 19.3 Å². The maximum atomic E-state index is 13.3. The molecule has 2 heterocycles. The number of nitrogens with one attached hydrogen (secondary N) is 1. The zero-order valence-corrected chi connectivity index (χ0v) is 18.0. The molecule has 2 saturated heterocycles. The molecule has 1 aliphatic carbocycles. The molecule has 2 aromatic carbocycles. The molecule has 3 fully saturated rings. The van der Waals surface area contributed by atoms with Crippen LogP contribution in [0.3, 0.4) is 0 Å². The zero-order valence-electron chi connectivity index (χ0n) is 18.0. The number of hydrogen-bond acceptors (Lipinski definition) is 3. The molecule has 2 aromatic rings. The van der Waals surface area contributed by atoms with Crippen LogP contribution in [0.4, 0.5) is 4.79 Å². The number of carbonyl (C=O) groups excluding carboxylic acids is 3. The number of nitrogens with zero attached hydrogens (tertiary/aromatic N) is 2. The first-order valence-corrected chi connectivity index (χ1v) is 11.4. The highest BCUT2D eigenvalue weighted by atomic mass is 16.2. The minimum Gasteiger partial charge on any atom is -0.338 e. The van der Waals surface area contributed by atoms with Gasteiger partial charge in [0.2, 0.25) is 5.91 Å². The first-order valence-electron chi connectivity index (χ1n) is 11.4. The van der Waals surface area contributed by atoms with Gasteiger partial charge in [0, 0.05) is 12.6 Å². The van der Waals surface area contributed by atoms with E-state index in [0.29, 0.717) is 5.92 Å². The molecule has 0 radical (unpaired) electrons. The van der Waals surface area contributed by atoms with Crippen molar-refractivity contribution in [1.82, 2.24) is 15.1 Å². The van der Waals surface area contributed by atoms with Gasteiger partial charge in [0.25, 0.3) is 5.91 Å². The third-order valence-electron chi connectivity index (χ3n) is 7.46. The summed E-state index contributed by atoms with van der Waals surface area (Å²) in [7, 11) is 0. The third kappa shape index (κ3) is 3.38. The molecule has 1 N–H and O–H groups in total. The normalized spacial score (nSPS) is 28.5. The average molecular weight is 420 g/mol. The fourth-order valence-electron chi connectivity index (χ4n) is 5.70. The Kier molecular flexibility index (Phi) is 4.95. The molecule has 3 aliphatic rings. The Morgan fingerprint density at radius 1 is 1.03 bits per heavy atom. The van der Waals surface area contributed by atoms with Gasteiger partial charge in [-0.2, -0.15) is 0 Å². The van der Waals surface area contributed by atoms with Crippen LogP contribution in [0.15, 0.2) is 42.5 Å². The van der Waals surface area contributed by atoms with Gasteiger partial charge in [0.05, 0.1) is 0 Å². The Morgan fingerprint density at radius 3 is 2.61 bits per heavy atom. The number of imide groups is 1. The van der Waals surface area contributed by atoms with Crippen LogP contribution in [0.2, 0.25) is 0 Å². The molecule has 31 heavy (non-hydrogen) atoms. The predicted octanol–water partition coefficient (Wildman–Crippen LogP) is 3.79. The summed E-state index contributed by atoms with van der Waals surface area (Å²) in [5, 5.41) is 4.93. The number of rotatable bonds is 3. The Labute approximate surface area is 182 Å². The molecule has 6 heteroatoms. The predicted molar refractivity (Wildman–Crippen MR) is 118 cm³/mol. The van der Waals surface area contributed by atoms with Crippen molar-refractivity contribution in [1.29, 1.82) is 0 Å². The molecule has 5 rings (SSSR count). The van der Waals surface area contributed by atoms with Gasteiger partial charge >= 0.3 is 6.03 Å². The fourth-order valence-corrected chi connectivity index (χ4v) is 5.70. The number of urea groups is 1. The van der Waals surface area contributed by atoms with Gasteiger partial charge in [-0.1, -0.05) is 49.2 Å². The van der Waals surface area contributed by atoms with Crippen LogP contribution in [-0.2, 0) is 15.1 Å². The van der Waals surface area contributed by atoms with Gasteiger partial charge in [0.15, 0.2) is 0 Å². The van der Waals surface area contributed by atoms with Crippen molar-refractivity contribution >= 4 is 28.6 Å². The van der Waals surface area contributed by atoms with Crippen LogP contribution >= 0.6 is 0 Å². The monoisotopic (exact) mass is 419 g/mol. The van der Waals surface area contributed by atoms with E-state index in [1.54, 1.807) is 6.92 Å². The molecule has 2 aliphatic heterocycles. The van der Waals surface area contributed by atoms with Gasteiger partial charge in [0.1, 0.15) is 12.1 Å². The molecule has 0 aromatic heterocycles. The summed E-state index contributed by atoms with van der Waals surface area (Å²) in [6, 6.07) is 13.5. The second kappa shape index (κ2) is 7.66. The number of hydrogen-bond donors (Lipinski definition) is 1. The highest BCUT2D eigenvalue weighted by molar-refractivity contribution is 6.09. The molecular formula is C25H29N3O3. The van der Waals surface area contributed by atoms with Crippen LogP contribution in [0, 0.1) is 5.92 Å². The van der Waals surface area contributed by atoms with Crippen LogP contribution in [0.25, 0.3) is 10.8 Å². The number of piperidine rings is 1. The lowest BCUT2D eigenvalue weighted by Crippen LogP contribution is -2.53. The topological polar surface area (TPSA) is 69.7 Å². The summed E-state index contributed by atoms with van der Waals surface area (Å²) in [6.45, 7) is 2.27. The summed E-state index contributed by atoms with van der Waals surface area (Å²) in [4.78, 5) is 42.3. The molecule has 162 valence electrons. The Morgan fingerprint density at radius 2 is 1.77 bits per heavy atom. The minimum absolute atomic E-state index is 0.108. The molecule has 0 spiro atoms. The molecule has 4 amide bonds. The van der Waals surface area contributed by atoms with E-state index in [0.717, 1.165) is 47.0 Å². The maximum absolute atomic E-state index is 13.3. The van der Waals surface area contributed by atoms with Crippen molar-refractivity contribution in [3.8, 4) is 0 Å². The van der Waals surface area contributed by atoms with E-state index >= 15 is 0 Å². The first-order chi connectivity index (χ1) is 15.0. The summed E-state index contributed by atoms with van der Waals surface area (Å²) in [6.07, 6.45) is 6.77. The van der Waals surface area contributed by atoms with Gasteiger partial charge in [-0.25, -0.2) is 4.79 Å². The number of benzene rings is 2. The van der Waals surface area contributed by atoms with E-state index in [9.17, 15) is 14.4 Å². The number of fused-ring (bicyclic) bond motifs is 2. The molecule has 3 atom stereocenters. The van der Waals surface area contributed by atoms with Crippen molar-refractivity contribution in [2.45, 2.75) is 57.0 Å². The van der Waals surface area contributed by atoms with Gasteiger partial charge in [-0.05, 0) is 60.9 Å². The van der Waals surface area contributed by atoms with Crippen molar-refractivity contribution < 1.29 is 14.4 Å². The second-order valence-corrected chi connectivity index (χ2v) is 9.35. The van der Waals surface area contributed by atoms with Crippen LogP contribution in [0.5, 0.6) is 0 Å². The van der Waals surface area contributed by atoms with Crippen molar-refractivity contribution in [3.05, 3.63) is 48.0 Å². The van der Waals surface area contributed by atoms with Crippen LogP contribution in [0.1, 0.15) is 51.0 Å². The van der Waals surface area contributed by atoms with Crippen molar-refractivity contribution in [2.24, 2.45) is 5.92 Å². The van der Waals surface area contributed by atoms with Gasteiger partial charge in [-0.15, -0.1) is 0 Å². The van der Waals surface area contributed by atoms with E-state index in [4.69, 9.17) is 0 Å². The molecule has 0 bridgehead atoms. The van der Waals surface area contributed by atoms with E-state index in [1.807, 2.05) is 47.4 Å². The summed E-state index contributed by atoms with van der Waals surface area (Å²) >= 11 is 0. The average Bonchev–Trinajstić information content (AvgIpc) is 3.02. The second-order valence-electron chi connectivity index (χ2n) is 9.35. The highest BCUT2D eigenvalue weighted by Crippen LogP contribution is 2.36. The number of likely N-dealkylation sites (tertiary alicyclic amines) is 1. The SMILES string of the molecule is CC1(c2ccc3ccccc3c2)NC(=O)N(CC(=O)N2CCCC3CCCCC32)C1=O. The Balaban J connectivity index is 1.36. The lowest BCUT2D eigenvalue weighted by Gasteiger charge is -2.44. The number of amides is 4. The van der Waals surface area contributed by atoms with Crippen LogP contribution < -0.4 is 5.32 Å². The third-order valence-corrected chi connectivity index (χ3v) is 7.46. The molecular weight excluding hydrogens is 390 g/mol. The maximum Gasteiger partial charge on any atom is 0.325 e. The standard InChI is InChI=1S/C25H29N3O3/c1-25(20-13-12-17-7-2-3-9-19(17)15-20)23(30)28(24(31)26-25)16-22(29)27-14-6-10-18-8-4-5-11-21(18)27/h2-3,7,9,12-13,15,18,21H,4-6,8,10-11,14,16H2,1H3,(H,26,31). The van der Waals surface area contributed by atoms with E-state index in [-0.39, 0.29) is 24.4 Å². The summed E-state index contributed by atoms with van der Waals surface area (Å²) < 4.78 is 0. The van der Waals surface area contributed by atoms with Gasteiger partial charge < -0.3 is 10.2 Å². The van der Waals surface area contributed by atoms with Crippen molar-refractivity contribution in [3.63, 3.8) is 0 Å². The zero-order chi connectivity index (χ0) is 21.6. The largest absolute Gasteiger partial charge is 0.338 e. The molecule has 6 nitrogen and oxygen atoms in total. The smallest absolute Gasteiger partial charge is 0.325 e. The highest BCUT2D eigenvalue weighted by Gasteiger charge is 2.50. The molecule has 1 saturated carbocycles. The minimum atomic E-state index is -1.17. The van der Waals surface area contributed by atoms with E-state index < -0.39 is 11.6 Å². The molecule has 3 unspecified atom stereocenters. The lowest BCUT2D eigenvalue weighted by molar-refractivity contribution is -0.142. The summed E-state index contributed by atoms with van der Waals surface area (Å²) in [5.74, 6) is 0.0959. The van der Waals surface area contributed by atoms with Crippen molar-refractivity contribution in [2.75, 3.05) is 13.1 Å². The quantitative estimate of drug-likeness (QED) is 0.770.